The molecule has 0 amide bonds. The minimum atomic E-state index is -3.90. The van der Waals surface area contributed by atoms with Gasteiger partial charge in [-0.3, -0.25) is 0 Å². The molecule has 0 aliphatic carbocycles. The Morgan fingerprint density at radius 1 is 1.25 bits per heavy atom. The zero-order chi connectivity index (χ0) is 15.3. The van der Waals surface area contributed by atoms with E-state index in [1.165, 1.54) is 6.07 Å². The number of sulfonamides is 1. The third-order valence-corrected chi connectivity index (χ3v) is 4.38. The van der Waals surface area contributed by atoms with Crippen LogP contribution in [0.2, 0.25) is 0 Å². The van der Waals surface area contributed by atoms with Gasteiger partial charge in [-0.2, -0.15) is 0 Å². The smallest absolute Gasteiger partial charge is 0.251 e. The lowest BCUT2D eigenvalue weighted by atomic mass is 10.1. The van der Waals surface area contributed by atoms with E-state index in [-0.39, 0.29) is 10.9 Å². The molecule has 0 atom stereocenters. The molecular formula is C13H20F2N2O2S. The van der Waals surface area contributed by atoms with E-state index in [1.54, 1.807) is 13.0 Å². The fourth-order valence-corrected chi connectivity index (χ4v) is 3.00. The van der Waals surface area contributed by atoms with Crippen molar-refractivity contribution in [1.82, 2.24) is 10.0 Å². The average molecular weight is 306 g/mol. The van der Waals surface area contributed by atoms with Crippen molar-refractivity contribution in [3.63, 3.8) is 0 Å². The number of hydrogen-bond donors (Lipinski definition) is 2. The number of halogens is 2. The molecule has 0 aromatic heterocycles. The van der Waals surface area contributed by atoms with Crippen LogP contribution in [0.15, 0.2) is 23.1 Å². The number of nitrogens with one attached hydrogen (secondary N) is 2. The zero-order valence-corrected chi connectivity index (χ0v) is 12.6. The van der Waals surface area contributed by atoms with Crippen molar-refractivity contribution in [2.45, 2.75) is 44.7 Å². The lowest BCUT2D eigenvalue weighted by molar-refractivity contribution is 0.153. The van der Waals surface area contributed by atoms with Gasteiger partial charge < -0.3 is 5.32 Å². The van der Waals surface area contributed by atoms with Gasteiger partial charge in [0.2, 0.25) is 10.0 Å². The van der Waals surface area contributed by atoms with Crippen LogP contribution in [-0.4, -0.2) is 27.4 Å². The molecule has 0 heterocycles. The second-order valence-corrected chi connectivity index (χ2v) is 6.55. The molecule has 2 N–H and O–H groups in total. The van der Waals surface area contributed by atoms with Gasteiger partial charge in [-0.15, -0.1) is 0 Å². The average Bonchev–Trinajstić information content (AvgIpc) is 2.35. The van der Waals surface area contributed by atoms with Gasteiger partial charge in [0.15, 0.2) is 0 Å². The molecule has 0 aliphatic heterocycles. The standard InChI is InChI=1S/C13H20F2N2O2S/c1-9(2)16-7-11-5-4-6-12(10(11)3)20(18,19)17-8-13(14)15/h4-6,9,13,16-17H,7-8H2,1-3H3. The van der Waals surface area contributed by atoms with E-state index >= 15 is 0 Å². The molecule has 0 saturated heterocycles. The van der Waals surface area contributed by atoms with Crippen molar-refractivity contribution in [2.75, 3.05) is 6.54 Å². The monoisotopic (exact) mass is 306 g/mol. The molecule has 1 aromatic carbocycles. The van der Waals surface area contributed by atoms with Crippen LogP contribution in [0.1, 0.15) is 25.0 Å². The largest absolute Gasteiger partial charge is 0.310 e. The summed E-state index contributed by atoms with van der Waals surface area (Å²) in [6, 6.07) is 5.12. The number of benzene rings is 1. The summed E-state index contributed by atoms with van der Waals surface area (Å²) in [7, 11) is -3.90. The van der Waals surface area contributed by atoms with Crippen molar-refractivity contribution in [3.8, 4) is 0 Å². The predicted octanol–water partition coefficient (Wildman–Crippen LogP) is 2.04. The van der Waals surface area contributed by atoms with E-state index in [2.05, 4.69) is 5.32 Å². The summed E-state index contributed by atoms with van der Waals surface area (Å²) in [6.45, 7) is 5.30. The van der Waals surface area contributed by atoms with Crippen LogP contribution in [0.25, 0.3) is 0 Å². The Bertz CT molecular complexity index is 545. The van der Waals surface area contributed by atoms with Crippen LogP contribution in [-0.2, 0) is 16.6 Å². The zero-order valence-electron chi connectivity index (χ0n) is 11.8. The van der Waals surface area contributed by atoms with Crippen LogP contribution in [0, 0.1) is 6.92 Å². The SMILES string of the molecule is Cc1c(CNC(C)C)cccc1S(=O)(=O)NCC(F)F. The Morgan fingerprint density at radius 3 is 2.45 bits per heavy atom. The summed E-state index contributed by atoms with van der Waals surface area (Å²) < 4.78 is 50.1. The molecule has 1 rings (SSSR count). The molecule has 0 spiro atoms. The van der Waals surface area contributed by atoms with E-state index in [0.29, 0.717) is 12.1 Å². The van der Waals surface area contributed by atoms with Gasteiger partial charge in [-0.25, -0.2) is 21.9 Å². The summed E-state index contributed by atoms with van der Waals surface area (Å²) in [5.74, 6) is 0. The Labute approximate surface area is 118 Å². The first-order valence-electron chi connectivity index (χ1n) is 6.33. The predicted molar refractivity (Wildman–Crippen MR) is 74.3 cm³/mol. The van der Waals surface area contributed by atoms with Crippen LogP contribution in [0.3, 0.4) is 0 Å². The lowest BCUT2D eigenvalue weighted by Gasteiger charge is -2.14. The van der Waals surface area contributed by atoms with Crippen molar-refractivity contribution in [3.05, 3.63) is 29.3 Å². The van der Waals surface area contributed by atoms with Crippen molar-refractivity contribution in [1.29, 1.82) is 0 Å². The highest BCUT2D eigenvalue weighted by molar-refractivity contribution is 7.89. The minimum Gasteiger partial charge on any atom is -0.310 e. The molecule has 20 heavy (non-hydrogen) atoms. The normalized spacial score (nSPS) is 12.3. The molecule has 114 valence electrons. The summed E-state index contributed by atoms with van der Waals surface area (Å²) in [5.41, 5.74) is 1.40. The van der Waals surface area contributed by atoms with Crippen LogP contribution in [0.4, 0.5) is 8.78 Å². The topological polar surface area (TPSA) is 58.2 Å². The molecule has 1 aromatic rings. The van der Waals surface area contributed by atoms with Crippen molar-refractivity contribution < 1.29 is 17.2 Å². The number of hydrogen-bond acceptors (Lipinski definition) is 3. The number of rotatable bonds is 7. The molecule has 7 heteroatoms. The van der Waals surface area contributed by atoms with Gasteiger partial charge in [0.1, 0.15) is 0 Å². The van der Waals surface area contributed by atoms with Gasteiger partial charge >= 0.3 is 0 Å². The molecular weight excluding hydrogens is 286 g/mol. The highest BCUT2D eigenvalue weighted by Gasteiger charge is 2.19. The maximum absolute atomic E-state index is 12.1. The van der Waals surface area contributed by atoms with E-state index in [9.17, 15) is 17.2 Å². The quantitative estimate of drug-likeness (QED) is 0.810. The molecule has 0 bridgehead atoms. The Balaban J connectivity index is 2.98. The minimum absolute atomic E-state index is 0.0428. The molecule has 0 aliphatic rings. The Morgan fingerprint density at radius 2 is 1.90 bits per heavy atom. The molecule has 0 saturated carbocycles. The lowest BCUT2D eigenvalue weighted by Crippen LogP contribution is -2.29. The fourth-order valence-electron chi connectivity index (χ4n) is 1.71. The third-order valence-electron chi connectivity index (χ3n) is 2.81. The highest BCUT2D eigenvalue weighted by atomic mass is 32.2. The summed E-state index contributed by atoms with van der Waals surface area (Å²) >= 11 is 0. The molecule has 0 radical (unpaired) electrons. The molecule has 0 unspecified atom stereocenters. The van der Waals surface area contributed by atoms with Crippen LogP contribution >= 0.6 is 0 Å². The maximum atomic E-state index is 12.1. The Kier molecular flexibility index (Phi) is 6.04. The first-order valence-corrected chi connectivity index (χ1v) is 7.82. The maximum Gasteiger partial charge on any atom is 0.251 e. The second kappa shape index (κ2) is 7.10. The van der Waals surface area contributed by atoms with Crippen molar-refractivity contribution in [2.24, 2.45) is 0 Å². The second-order valence-electron chi connectivity index (χ2n) is 4.82. The van der Waals surface area contributed by atoms with E-state index < -0.39 is 23.0 Å². The number of alkyl halides is 2. The molecule has 4 nitrogen and oxygen atoms in total. The fraction of sp³-hybridized carbons (Fsp3) is 0.538. The van der Waals surface area contributed by atoms with Gasteiger partial charge in [0.05, 0.1) is 11.4 Å². The van der Waals surface area contributed by atoms with Gasteiger partial charge in [0, 0.05) is 12.6 Å². The third kappa shape index (κ3) is 4.81. The van der Waals surface area contributed by atoms with E-state index in [4.69, 9.17) is 0 Å². The first-order chi connectivity index (χ1) is 9.24. The summed E-state index contributed by atoms with van der Waals surface area (Å²) in [4.78, 5) is 0.0428. The summed E-state index contributed by atoms with van der Waals surface area (Å²) in [5, 5.41) is 3.20. The van der Waals surface area contributed by atoms with E-state index in [0.717, 1.165) is 5.56 Å². The van der Waals surface area contributed by atoms with Gasteiger partial charge in [-0.1, -0.05) is 26.0 Å². The van der Waals surface area contributed by atoms with Gasteiger partial charge in [-0.05, 0) is 24.1 Å². The van der Waals surface area contributed by atoms with Crippen LogP contribution < -0.4 is 10.0 Å². The van der Waals surface area contributed by atoms with Crippen LogP contribution in [0.5, 0.6) is 0 Å². The first kappa shape index (κ1) is 17.0. The highest BCUT2D eigenvalue weighted by Crippen LogP contribution is 2.19. The molecule has 0 fully saturated rings. The van der Waals surface area contributed by atoms with Crippen molar-refractivity contribution >= 4 is 10.0 Å². The summed E-state index contributed by atoms with van der Waals surface area (Å²) in [6.07, 6.45) is -2.71. The van der Waals surface area contributed by atoms with E-state index in [1.807, 2.05) is 24.6 Å². The Hall–Kier alpha value is -1.05. The van der Waals surface area contributed by atoms with Gasteiger partial charge in [0.25, 0.3) is 6.43 Å².